The quantitative estimate of drug-likeness (QED) is 0.419. The minimum absolute atomic E-state index is 0.385. The highest BCUT2D eigenvalue weighted by atomic mass is 79.9. The Balaban J connectivity index is 3.15. The standard InChI is InChI=1S/C10H6BrFO/c11-5-1-2-8-6-10(12)4-3-9(8)7-13/h3-4,6-7H,5H2. The fourth-order valence-electron chi connectivity index (χ4n) is 0.868. The summed E-state index contributed by atoms with van der Waals surface area (Å²) in [4.78, 5) is 10.5. The second-order valence-corrected chi connectivity index (χ2v) is 2.85. The van der Waals surface area contributed by atoms with E-state index in [-0.39, 0.29) is 5.82 Å². The Morgan fingerprint density at radius 2 is 2.31 bits per heavy atom. The summed E-state index contributed by atoms with van der Waals surface area (Å²) in [6.07, 6.45) is 0.664. The molecule has 0 N–H and O–H groups in total. The van der Waals surface area contributed by atoms with Crippen molar-refractivity contribution in [1.82, 2.24) is 0 Å². The maximum absolute atomic E-state index is 12.7. The van der Waals surface area contributed by atoms with Gasteiger partial charge in [0.15, 0.2) is 6.29 Å². The van der Waals surface area contributed by atoms with Crippen molar-refractivity contribution in [1.29, 1.82) is 0 Å². The van der Waals surface area contributed by atoms with Gasteiger partial charge in [0, 0.05) is 11.1 Å². The van der Waals surface area contributed by atoms with E-state index in [4.69, 9.17) is 0 Å². The minimum atomic E-state index is -0.385. The number of carbonyl (C=O) groups is 1. The van der Waals surface area contributed by atoms with Crippen LogP contribution in [0.25, 0.3) is 0 Å². The Labute approximate surface area is 84.1 Å². The Bertz CT molecular complexity index is 376. The lowest BCUT2D eigenvalue weighted by Crippen LogP contribution is -1.88. The monoisotopic (exact) mass is 240 g/mol. The summed E-state index contributed by atoms with van der Waals surface area (Å²) in [6.45, 7) is 0. The van der Waals surface area contributed by atoms with Gasteiger partial charge in [-0.2, -0.15) is 0 Å². The van der Waals surface area contributed by atoms with Crippen LogP contribution >= 0.6 is 15.9 Å². The van der Waals surface area contributed by atoms with Crippen molar-refractivity contribution in [3.8, 4) is 11.8 Å². The first-order valence-electron chi connectivity index (χ1n) is 3.57. The zero-order valence-electron chi connectivity index (χ0n) is 6.68. The van der Waals surface area contributed by atoms with Gasteiger partial charge >= 0.3 is 0 Å². The summed E-state index contributed by atoms with van der Waals surface area (Å²) in [5.74, 6) is 5.01. The third-order valence-corrected chi connectivity index (χ3v) is 1.71. The molecule has 0 radical (unpaired) electrons. The molecule has 0 saturated heterocycles. The maximum Gasteiger partial charge on any atom is 0.151 e. The number of alkyl halides is 1. The van der Waals surface area contributed by atoms with Crippen molar-refractivity contribution < 1.29 is 9.18 Å². The van der Waals surface area contributed by atoms with Crippen LogP contribution in [0.15, 0.2) is 18.2 Å². The summed E-state index contributed by atoms with van der Waals surface area (Å²) >= 11 is 3.12. The highest BCUT2D eigenvalue weighted by molar-refractivity contribution is 9.09. The summed E-state index contributed by atoms with van der Waals surface area (Å²) in [6, 6.07) is 3.91. The van der Waals surface area contributed by atoms with Crippen LogP contribution in [0.3, 0.4) is 0 Å². The van der Waals surface area contributed by atoms with Crippen LogP contribution in [0.5, 0.6) is 0 Å². The normalized spacial score (nSPS) is 8.77. The van der Waals surface area contributed by atoms with Crippen LogP contribution in [-0.2, 0) is 0 Å². The maximum atomic E-state index is 12.7. The highest BCUT2D eigenvalue weighted by Crippen LogP contribution is 2.07. The number of hydrogen-bond acceptors (Lipinski definition) is 1. The third-order valence-electron chi connectivity index (χ3n) is 1.43. The summed E-state index contributed by atoms with van der Waals surface area (Å²) in [7, 11) is 0. The van der Waals surface area contributed by atoms with Crippen LogP contribution in [-0.4, -0.2) is 11.6 Å². The average Bonchev–Trinajstić information content (AvgIpc) is 2.15. The van der Waals surface area contributed by atoms with Gasteiger partial charge in [-0.15, -0.1) is 0 Å². The molecule has 0 saturated carbocycles. The number of carbonyl (C=O) groups excluding carboxylic acids is 1. The molecule has 0 unspecified atom stereocenters. The number of aldehydes is 1. The van der Waals surface area contributed by atoms with Crippen molar-refractivity contribution in [2.75, 3.05) is 5.33 Å². The summed E-state index contributed by atoms with van der Waals surface area (Å²) in [5.41, 5.74) is 0.837. The number of benzene rings is 1. The Kier molecular flexibility index (Phi) is 3.66. The SMILES string of the molecule is O=Cc1ccc(F)cc1C#CCBr. The van der Waals surface area contributed by atoms with Crippen molar-refractivity contribution in [2.45, 2.75) is 0 Å². The average molecular weight is 241 g/mol. The van der Waals surface area contributed by atoms with E-state index < -0.39 is 0 Å². The van der Waals surface area contributed by atoms with Crippen molar-refractivity contribution in [3.05, 3.63) is 35.1 Å². The Morgan fingerprint density at radius 1 is 1.54 bits per heavy atom. The third kappa shape index (κ3) is 2.67. The van der Waals surface area contributed by atoms with Crippen molar-refractivity contribution in [2.24, 2.45) is 0 Å². The zero-order valence-corrected chi connectivity index (χ0v) is 8.27. The van der Waals surface area contributed by atoms with E-state index in [2.05, 4.69) is 27.8 Å². The second kappa shape index (κ2) is 4.78. The van der Waals surface area contributed by atoms with Gasteiger partial charge in [0.2, 0.25) is 0 Å². The molecule has 0 bridgehead atoms. The second-order valence-electron chi connectivity index (χ2n) is 2.28. The lowest BCUT2D eigenvalue weighted by molar-refractivity contribution is 0.112. The van der Waals surface area contributed by atoms with E-state index in [9.17, 15) is 9.18 Å². The highest BCUT2D eigenvalue weighted by Gasteiger charge is 1.99. The first-order chi connectivity index (χ1) is 6.27. The van der Waals surface area contributed by atoms with Crippen LogP contribution in [0.2, 0.25) is 0 Å². The van der Waals surface area contributed by atoms with Gasteiger partial charge in [-0.25, -0.2) is 4.39 Å². The molecular formula is C10H6BrFO. The molecule has 66 valence electrons. The smallest absolute Gasteiger partial charge is 0.151 e. The lowest BCUT2D eigenvalue weighted by atomic mass is 10.1. The molecule has 0 fully saturated rings. The molecule has 1 aromatic carbocycles. The molecular weight excluding hydrogens is 235 g/mol. The molecule has 1 aromatic rings. The van der Waals surface area contributed by atoms with Gasteiger partial charge < -0.3 is 0 Å². The molecule has 0 spiro atoms. The largest absolute Gasteiger partial charge is 0.298 e. The van der Waals surface area contributed by atoms with Gasteiger partial charge in [-0.1, -0.05) is 27.8 Å². The van der Waals surface area contributed by atoms with Crippen LogP contribution in [0.4, 0.5) is 4.39 Å². The summed E-state index contributed by atoms with van der Waals surface area (Å²) < 4.78 is 12.7. The van der Waals surface area contributed by atoms with E-state index in [0.717, 1.165) is 0 Å². The van der Waals surface area contributed by atoms with Gasteiger partial charge in [0.25, 0.3) is 0 Å². The molecule has 0 aliphatic carbocycles. The molecule has 3 heteroatoms. The van der Waals surface area contributed by atoms with Gasteiger partial charge in [-0.3, -0.25) is 4.79 Å². The van der Waals surface area contributed by atoms with Crippen LogP contribution < -0.4 is 0 Å². The first kappa shape index (κ1) is 9.94. The van der Waals surface area contributed by atoms with Gasteiger partial charge in [0.05, 0.1) is 5.33 Å². The van der Waals surface area contributed by atoms with E-state index in [1.807, 2.05) is 0 Å². The lowest BCUT2D eigenvalue weighted by Gasteiger charge is -1.95. The molecule has 0 atom stereocenters. The summed E-state index contributed by atoms with van der Waals surface area (Å²) in [5, 5.41) is 0.502. The molecule has 0 amide bonds. The molecule has 0 aliphatic rings. The predicted molar refractivity (Wildman–Crippen MR) is 52.5 cm³/mol. The van der Waals surface area contributed by atoms with Gasteiger partial charge in [0.1, 0.15) is 5.82 Å². The zero-order chi connectivity index (χ0) is 9.68. The number of halogens is 2. The van der Waals surface area contributed by atoms with Crippen molar-refractivity contribution in [3.63, 3.8) is 0 Å². The van der Waals surface area contributed by atoms with E-state index >= 15 is 0 Å². The van der Waals surface area contributed by atoms with E-state index in [0.29, 0.717) is 22.7 Å². The molecule has 0 aliphatic heterocycles. The predicted octanol–water partition coefficient (Wildman–Crippen LogP) is 2.38. The molecule has 1 rings (SSSR count). The van der Waals surface area contributed by atoms with E-state index in [1.165, 1.54) is 18.2 Å². The number of hydrogen-bond donors (Lipinski definition) is 0. The fraction of sp³-hybridized carbons (Fsp3) is 0.100. The first-order valence-corrected chi connectivity index (χ1v) is 4.69. The van der Waals surface area contributed by atoms with Crippen molar-refractivity contribution >= 4 is 22.2 Å². The topological polar surface area (TPSA) is 17.1 Å². The molecule has 0 heterocycles. The Hall–Kier alpha value is -1.14. The number of rotatable bonds is 1. The van der Waals surface area contributed by atoms with Crippen LogP contribution in [0.1, 0.15) is 15.9 Å². The molecule has 1 nitrogen and oxygen atoms in total. The fourth-order valence-corrected chi connectivity index (χ4v) is 1.01. The van der Waals surface area contributed by atoms with Crippen LogP contribution in [0, 0.1) is 17.7 Å². The van der Waals surface area contributed by atoms with Gasteiger partial charge in [-0.05, 0) is 18.2 Å². The Morgan fingerprint density at radius 3 is 2.92 bits per heavy atom. The molecule has 0 aromatic heterocycles. The minimum Gasteiger partial charge on any atom is -0.298 e. The van der Waals surface area contributed by atoms with E-state index in [1.54, 1.807) is 0 Å². The molecule has 13 heavy (non-hydrogen) atoms.